The summed E-state index contributed by atoms with van der Waals surface area (Å²) in [5, 5.41) is 5.15. The van der Waals surface area contributed by atoms with Gasteiger partial charge in [0, 0.05) is 28.9 Å². The summed E-state index contributed by atoms with van der Waals surface area (Å²) in [5.41, 5.74) is 0. The normalized spacial score (nSPS) is 26.6. The van der Waals surface area contributed by atoms with Gasteiger partial charge in [-0.25, -0.2) is 13.1 Å². The van der Waals surface area contributed by atoms with Gasteiger partial charge in [-0.15, -0.1) is 11.3 Å². The second-order valence-electron chi connectivity index (χ2n) is 5.54. The minimum atomic E-state index is -3.31. The molecular formula is C13H20N2O2S2. The second-order valence-corrected chi connectivity index (χ2v) is 8.25. The van der Waals surface area contributed by atoms with E-state index in [0.29, 0.717) is 16.9 Å². The Hall–Kier alpha value is -0.430. The van der Waals surface area contributed by atoms with Crippen LogP contribution in [0.25, 0.3) is 0 Å². The SMILES string of the molecule is CCC1CC1NS(=O)(=O)c1csc(CNC2CC2)c1. The fraction of sp³-hybridized carbons (Fsp3) is 0.692. The Morgan fingerprint density at radius 3 is 2.84 bits per heavy atom. The second kappa shape index (κ2) is 5.16. The molecule has 2 unspecified atom stereocenters. The third kappa shape index (κ3) is 3.37. The minimum absolute atomic E-state index is 0.155. The van der Waals surface area contributed by atoms with Crippen LogP contribution in [0.15, 0.2) is 16.3 Å². The zero-order valence-electron chi connectivity index (χ0n) is 11.1. The molecule has 4 nitrogen and oxygen atoms in total. The third-order valence-corrected chi connectivity index (χ3v) is 6.39. The Bertz CT molecular complexity index is 549. The van der Waals surface area contributed by atoms with Gasteiger partial charge in [-0.2, -0.15) is 0 Å². The molecule has 0 spiro atoms. The van der Waals surface area contributed by atoms with Gasteiger partial charge < -0.3 is 5.32 Å². The summed E-state index contributed by atoms with van der Waals surface area (Å²) in [5.74, 6) is 0.532. The number of thiophene rings is 1. The fourth-order valence-corrected chi connectivity index (χ4v) is 4.78. The summed E-state index contributed by atoms with van der Waals surface area (Å²) in [7, 11) is -3.31. The van der Waals surface area contributed by atoms with Crippen molar-refractivity contribution in [3.05, 3.63) is 16.3 Å². The van der Waals surface area contributed by atoms with E-state index in [1.54, 1.807) is 11.4 Å². The molecule has 2 aliphatic rings. The van der Waals surface area contributed by atoms with Gasteiger partial charge in [0.05, 0.1) is 4.90 Å². The number of nitrogens with one attached hydrogen (secondary N) is 2. The van der Waals surface area contributed by atoms with E-state index in [1.165, 1.54) is 24.2 Å². The van der Waals surface area contributed by atoms with Crippen molar-refractivity contribution >= 4 is 21.4 Å². The summed E-state index contributed by atoms with van der Waals surface area (Å²) in [6.45, 7) is 2.89. The van der Waals surface area contributed by atoms with Crippen LogP contribution >= 0.6 is 11.3 Å². The Morgan fingerprint density at radius 1 is 1.42 bits per heavy atom. The maximum absolute atomic E-state index is 12.2. The number of hydrogen-bond acceptors (Lipinski definition) is 4. The van der Waals surface area contributed by atoms with Gasteiger partial charge in [0.1, 0.15) is 0 Å². The van der Waals surface area contributed by atoms with E-state index >= 15 is 0 Å². The van der Waals surface area contributed by atoms with E-state index in [0.717, 1.165) is 24.3 Å². The van der Waals surface area contributed by atoms with E-state index in [4.69, 9.17) is 0 Å². The molecule has 0 radical (unpaired) electrons. The van der Waals surface area contributed by atoms with Crippen molar-refractivity contribution in [1.82, 2.24) is 10.0 Å². The molecule has 2 atom stereocenters. The molecule has 2 aliphatic carbocycles. The Morgan fingerprint density at radius 2 is 2.21 bits per heavy atom. The van der Waals surface area contributed by atoms with Crippen LogP contribution in [0.2, 0.25) is 0 Å². The van der Waals surface area contributed by atoms with Gasteiger partial charge in [0.2, 0.25) is 10.0 Å². The summed E-state index contributed by atoms with van der Waals surface area (Å²) in [6, 6.07) is 2.60. The molecule has 0 saturated heterocycles. The molecule has 0 aromatic carbocycles. The molecule has 1 heterocycles. The van der Waals surface area contributed by atoms with E-state index in [2.05, 4.69) is 17.0 Å². The highest BCUT2D eigenvalue weighted by molar-refractivity contribution is 7.89. The van der Waals surface area contributed by atoms with Crippen molar-refractivity contribution in [3.63, 3.8) is 0 Å². The van der Waals surface area contributed by atoms with Crippen molar-refractivity contribution in [3.8, 4) is 0 Å². The molecule has 2 saturated carbocycles. The lowest BCUT2D eigenvalue weighted by Gasteiger charge is -2.03. The first-order valence-electron chi connectivity index (χ1n) is 6.91. The lowest BCUT2D eigenvalue weighted by molar-refractivity contribution is 0.576. The molecule has 2 N–H and O–H groups in total. The molecule has 1 aromatic rings. The van der Waals surface area contributed by atoms with Crippen LogP contribution in [0.4, 0.5) is 0 Å². The van der Waals surface area contributed by atoms with Crippen molar-refractivity contribution < 1.29 is 8.42 Å². The molecule has 0 amide bonds. The lowest BCUT2D eigenvalue weighted by Crippen LogP contribution is -2.26. The van der Waals surface area contributed by atoms with Gasteiger partial charge >= 0.3 is 0 Å². The van der Waals surface area contributed by atoms with Gasteiger partial charge in [-0.1, -0.05) is 13.3 Å². The van der Waals surface area contributed by atoms with Crippen molar-refractivity contribution in [2.24, 2.45) is 5.92 Å². The molecule has 2 fully saturated rings. The highest BCUT2D eigenvalue weighted by Crippen LogP contribution is 2.34. The van der Waals surface area contributed by atoms with Crippen LogP contribution in [0.3, 0.4) is 0 Å². The average molecular weight is 300 g/mol. The highest BCUT2D eigenvalue weighted by atomic mass is 32.2. The molecule has 3 rings (SSSR count). The number of rotatable bonds is 7. The first kappa shape index (κ1) is 13.5. The van der Waals surface area contributed by atoms with Crippen LogP contribution in [-0.4, -0.2) is 20.5 Å². The minimum Gasteiger partial charge on any atom is -0.309 e. The first-order valence-corrected chi connectivity index (χ1v) is 9.28. The van der Waals surface area contributed by atoms with Crippen molar-refractivity contribution in [1.29, 1.82) is 0 Å². The summed E-state index contributed by atoms with van der Waals surface area (Å²) >= 11 is 1.52. The molecule has 1 aromatic heterocycles. The van der Waals surface area contributed by atoms with E-state index in [-0.39, 0.29) is 6.04 Å². The van der Waals surface area contributed by atoms with Crippen LogP contribution < -0.4 is 10.0 Å². The summed E-state index contributed by atoms with van der Waals surface area (Å²) in [4.78, 5) is 1.52. The zero-order chi connectivity index (χ0) is 13.5. The predicted octanol–water partition coefficient (Wildman–Crippen LogP) is 2.08. The molecule has 0 aliphatic heterocycles. The van der Waals surface area contributed by atoms with Crippen LogP contribution in [0.1, 0.15) is 37.5 Å². The Kier molecular flexibility index (Phi) is 3.68. The van der Waals surface area contributed by atoms with E-state index < -0.39 is 10.0 Å². The smallest absolute Gasteiger partial charge is 0.241 e. The highest BCUT2D eigenvalue weighted by Gasteiger charge is 2.38. The van der Waals surface area contributed by atoms with Crippen LogP contribution in [0, 0.1) is 5.92 Å². The van der Waals surface area contributed by atoms with Crippen molar-refractivity contribution in [2.75, 3.05) is 0 Å². The lowest BCUT2D eigenvalue weighted by atomic mass is 10.3. The molecule has 19 heavy (non-hydrogen) atoms. The topological polar surface area (TPSA) is 58.2 Å². The Labute approximate surface area is 118 Å². The number of sulfonamides is 1. The fourth-order valence-electron chi connectivity index (χ4n) is 2.24. The van der Waals surface area contributed by atoms with Crippen LogP contribution in [0.5, 0.6) is 0 Å². The first-order chi connectivity index (χ1) is 9.08. The predicted molar refractivity (Wildman–Crippen MR) is 76.7 cm³/mol. The average Bonchev–Trinajstić information content (AvgIpc) is 3.27. The van der Waals surface area contributed by atoms with E-state index in [1.807, 2.05) is 0 Å². The van der Waals surface area contributed by atoms with Crippen molar-refractivity contribution in [2.45, 2.75) is 56.1 Å². The zero-order valence-corrected chi connectivity index (χ0v) is 12.7. The molecule has 0 bridgehead atoms. The van der Waals surface area contributed by atoms with Gasteiger partial charge in [-0.05, 0) is 31.2 Å². The monoisotopic (exact) mass is 300 g/mol. The van der Waals surface area contributed by atoms with Gasteiger partial charge in [-0.3, -0.25) is 0 Å². The summed E-state index contributed by atoms with van der Waals surface area (Å²) in [6.07, 6.45) is 4.53. The summed E-state index contributed by atoms with van der Waals surface area (Å²) < 4.78 is 27.2. The molecular weight excluding hydrogens is 280 g/mol. The maximum atomic E-state index is 12.2. The largest absolute Gasteiger partial charge is 0.309 e. The van der Waals surface area contributed by atoms with Crippen LogP contribution in [-0.2, 0) is 16.6 Å². The van der Waals surface area contributed by atoms with Gasteiger partial charge in [0.25, 0.3) is 0 Å². The number of hydrogen-bond donors (Lipinski definition) is 2. The van der Waals surface area contributed by atoms with E-state index in [9.17, 15) is 8.42 Å². The maximum Gasteiger partial charge on any atom is 0.241 e. The molecule has 106 valence electrons. The standard InChI is InChI=1S/C13H20N2O2S2/c1-2-9-5-13(9)15-19(16,17)12-6-11(18-8-12)7-14-10-3-4-10/h6,8-10,13-15H,2-5,7H2,1H3. The Balaban J connectivity index is 1.60. The third-order valence-electron chi connectivity index (χ3n) is 3.84. The molecule has 6 heteroatoms. The quantitative estimate of drug-likeness (QED) is 0.810. The van der Waals surface area contributed by atoms with Gasteiger partial charge in [0.15, 0.2) is 0 Å².